The van der Waals surface area contributed by atoms with Gasteiger partial charge in [0.2, 0.25) is 0 Å². The van der Waals surface area contributed by atoms with Crippen molar-refractivity contribution in [2.75, 3.05) is 39.8 Å². The summed E-state index contributed by atoms with van der Waals surface area (Å²) in [6.45, 7) is 8.57. The summed E-state index contributed by atoms with van der Waals surface area (Å²) in [5, 5.41) is 3.74. The molecule has 1 unspecified atom stereocenters. The maximum atomic E-state index is 3.74. The summed E-state index contributed by atoms with van der Waals surface area (Å²) in [7, 11) is 2.24. The highest BCUT2D eigenvalue weighted by molar-refractivity contribution is 4.77. The Kier molecular flexibility index (Phi) is 5.93. The Morgan fingerprint density at radius 3 is 2.61 bits per heavy atom. The van der Waals surface area contributed by atoms with Crippen molar-refractivity contribution in [3.05, 3.63) is 0 Å². The third kappa shape index (κ3) is 4.52. The Labute approximate surface area is 113 Å². The summed E-state index contributed by atoms with van der Waals surface area (Å²) < 4.78 is 0. The summed E-state index contributed by atoms with van der Waals surface area (Å²) in [6.07, 6.45) is 8.46. The minimum Gasteiger partial charge on any atom is -0.314 e. The van der Waals surface area contributed by atoms with Crippen LogP contribution >= 0.6 is 0 Å². The third-order valence-corrected chi connectivity index (χ3v) is 4.73. The average molecular weight is 253 g/mol. The molecule has 1 aliphatic heterocycles. The van der Waals surface area contributed by atoms with Crippen molar-refractivity contribution in [3.8, 4) is 0 Å². The molecule has 1 saturated heterocycles. The zero-order valence-electron chi connectivity index (χ0n) is 12.3. The van der Waals surface area contributed by atoms with E-state index < -0.39 is 0 Å². The number of rotatable bonds is 5. The molecule has 18 heavy (non-hydrogen) atoms. The van der Waals surface area contributed by atoms with E-state index in [2.05, 4.69) is 29.1 Å². The van der Waals surface area contributed by atoms with E-state index >= 15 is 0 Å². The Morgan fingerprint density at radius 1 is 1.11 bits per heavy atom. The van der Waals surface area contributed by atoms with Gasteiger partial charge in [-0.05, 0) is 46.3 Å². The van der Waals surface area contributed by atoms with E-state index in [-0.39, 0.29) is 0 Å². The Hall–Kier alpha value is -0.120. The first-order valence-corrected chi connectivity index (χ1v) is 7.91. The number of nitrogens with one attached hydrogen (secondary N) is 1. The molecule has 1 aliphatic carbocycles. The second kappa shape index (κ2) is 7.46. The van der Waals surface area contributed by atoms with Crippen LogP contribution in [-0.4, -0.2) is 61.7 Å². The second-order valence-electron chi connectivity index (χ2n) is 6.27. The lowest BCUT2D eigenvalue weighted by Gasteiger charge is -2.37. The molecule has 0 aromatic heterocycles. The summed E-state index contributed by atoms with van der Waals surface area (Å²) in [5.41, 5.74) is 0. The highest BCUT2D eigenvalue weighted by Gasteiger charge is 2.20. The van der Waals surface area contributed by atoms with Gasteiger partial charge in [-0.15, -0.1) is 0 Å². The van der Waals surface area contributed by atoms with Crippen molar-refractivity contribution in [1.82, 2.24) is 15.1 Å². The van der Waals surface area contributed by atoms with Crippen LogP contribution < -0.4 is 5.32 Å². The van der Waals surface area contributed by atoms with Crippen molar-refractivity contribution in [1.29, 1.82) is 0 Å². The molecule has 1 heterocycles. The quantitative estimate of drug-likeness (QED) is 0.755. The number of nitrogens with zero attached hydrogens (tertiary/aromatic N) is 2. The first-order chi connectivity index (χ1) is 8.75. The molecular formula is C15H31N3. The molecule has 0 bridgehead atoms. The maximum absolute atomic E-state index is 3.74. The Balaban J connectivity index is 1.52. The summed E-state index contributed by atoms with van der Waals surface area (Å²) in [4.78, 5) is 5.10. The molecule has 0 amide bonds. The van der Waals surface area contributed by atoms with Crippen molar-refractivity contribution in [2.45, 2.75) is 57.5 Å². The van der Waals surface area contributed by atoms with Crippen LogP contribution in [-0.2, 0) is 0 Å². The van der Waals surface area contributed by atoms with Crippen LogP contribution in [0.3, 0.4) is 0 Å². The molecule has 1 N–H and O–H groups in total. The fourth-order valence-electron chi connectivity index (χ4n) is 3.24. The molecule has 0 radical (unpaired) electrons. The van der Waals surface area contributed by atoms with Crippen LogP contribution in [0, 0.1) is 0 Å². The predicted octanol–water partition coefficient (Wildman–Crippen LogP) is 1.93. The first-order valence-electron chi connectivity index (χ1n) is 7.91. The fourth-order valence-corrected chi connectivity index (χ4v) is 3.24. The molecule has 0 spiro atoms. The number of hydrogen-bond acceptors (Lipinski definition) is 3. The van der Waals surface area contributed by atoms with E-state index in [1.165, 1.54) is 71.2 Å². The van der Waals surface area contributed by atoms with Crippen LogP contribution in [0.2, 0.25) is 0 Å². The molecule has 1 saturated carbocycles. The van der Waals surface area contributed by atoms with Gasteiger partial charge >= 0.3 is 0 Å². The molecule has 1 atom stereocenters. The zero-order valence-corrected chi connectivity index (χ0v) is 12.3. The highest BCUT2D eigenvalue weighted by atomic mass is 15.3. The highest BCUT2D eigenvalue weighted by Crippen LogP contribution is 2.17. The van der Waals surface area contributed by atoms with Crippen molar-refractivity contribution in [3.63, 3.8) is 0 Å². The Morgan fingerprint density at radius 2 is 1.89 bits per heavy atom. The van der Waals surface area contributed by atoms with Crippen molar-refractivity contribution < 1.29 is 0 Å². The molecule has 2 fully saturated rings. The van der Waals surface area contributed by atoms with E-state index in [0.717, 1.165) is 12.1 Å². The van der Waals surface area contributed by atoms with Gasteiger partial charge in [-0.2, -0.15) is 0 Å². The number of piperazine rings is 1. The summed E-state index contributed by atoms with van der Waals surface area (Å²) in [5.74, 6) is 0. The van der Waals surface area contributed by atoms with Gasteiger partial charge in [0.15, 0.2) is 0 Å². The smallest absolute Gasteiger partial charge is 0.0192 e. The van der Waals surface area contributed by atoms with Gasteiger partial charge in [0.1, 0.15) is 0 Å². The van der Waals surface area contributed by atoms with Gasteiger partial charge in [-0.1, -0.05) is 19.3 Å². The van der Waals surface area contributed by atoms with E-state index in [9.17, 15) is 0 Å². The lowest BCUT2D eigenvalue weighted by atomic mass is 9.95. The standard InChI is InChI=1S/C15H31N3/c1-14-13-18(12-11-17(14)2)10-6-9-16-15-7-4-3-5-8-15/h14-16H,3-13H2,1-2H3. The number of hydrogen-bond donors (Lipinski definition) is 1. The van der Waals surface area contributed by atoms with Crippen LogP contribution in [0.4, 0.5) is 0 Å². The van der Waals surface area contributed by atoms with Gasteiger partial charge in [0.25, 0.3) is 0 Å². The van der Waals surface area contributed by atoms with E-state index in [4.69, 9.17) is 0 Å². The molecule has 3 nitrogen and oxygen atoms in total. The largest absolute Gasteiger partial charge is 0.314 e. The van der Waals surface area contributed by atoms with E-state index in [1.807, 2.05) is 0 Å². The predicted molar refractivity (Wildman–Crippen MR) is 78.0 cm³/mol. The summed E-state index contributed by atoms with van der Waals surface area (Å²) >= 11 is 0. The molecule has 0 aromatic rings. The molecule has 0 aromatic carbocycles. The lowest BCUT2D eigenvalue weighted by Crippen LogP contribution is -2.50. The minimum atomic E-state index is 0.727. The normalized spacial score (nSPS) is 28.7. The van der Waals surface area contributed by atoms with E-state index in [1.54, 1.807) is 0 Å². The Bertz CT molecular complexity index is 226. The van der Waals surface area contributed by atoms with Gasteiger partial charge < -0.3 is 15.1 Å². The third-order valence-electron chi connectivity index (χ3n) is 4.73. The number of likely N-dealkylation sites (N-methyl/N-ethyl adjacent to an activating group) is 1. The second-order valence-corrected chi connectivity index (χ2v) is 6.27. The lowest BCUT2D eigenvalue weighted by molar-refractivity contribution is 0.104. The van der Waals surface area contributed by atoms with Gasteiger partial charge in [0.05, 0.1) is 0 Å². The van der Waals surface area contributed by atoms with Gasteiger partial charge in [-0.25, -0.2) is 0 Å². The SMILES string of the molecule is CC1CN(CCCNC2CCCCC2)CCN1C. The van der Waals surface area contributed by atoms with E-state index in [0.29, 0.717) is 0 Å². The van der Waals surface area contributed by atoms with Gasteiger partial charge in [-0.3, -0.25) is 0 Å². The molecular weight excluding hydrogens is 222 g/mol. The van der Waals surface area contributed by atoms with Crippen LogP contribution in [0.1, 0.15) is 45.4 Å². The van der Waals surface area contributed by atoms with Crippen molar-refractivity contribution >= 4 is 0 Å². The molecule has 106 valence electrons. The zero-order chi connectivity index (χ0) is 12.8. The van der Waals surface area contributed by atoms with Crippen LogP contribution in [0.15, 0.2) is 0 Å². The minimum absolute atomic E-state index is 0.727. The van der Waals surface area contributed by atoms with Crippen LogP contribution in [0.5, 0.6) is 0 Å². The first kappa shape index (κ1) is 14.3. The fraction of sp³-hybridized carbons (Fsp3) is 1.00. The monoisotopic (exact) mass is 253 g/mol. The van der Waals surface area contributed by atoms with Crippen LogP contribution in [0.25, 0.3) is 0 Å². The summed E-state index contributed by atoms with van der Waals surface area (Å²) in [6, 6.07) is 1.55. The molecule has 3 heteroatoms. The molecule has 2 rings (SSSR count). The van der Waals surface area contributed by atoms with Crippen molar-refractivity contribution in [2.24, 2.45) is 0 Å². The topological polar surface area (TPSA) is 18.5 Å². The maximum Gasteiger partial charge on any atom is 0.0192 e. The van der Waals surface area contributed by atoms with Gasteiger partial charge in [0, 0.05) is 31.7 Å². The average Bonchev–Trinajstić information content (AvgIpc) is 2.40. The molecule has 2 aliphatic rings.